The molecular weight excluding hydrogens is 210 g/mol. The van der Waals surface area contributed by atoms with Gasteiger partial charge in [-0.05, 0) is 26.2 Å². The number of aldehydes is 1. The van der Waals surface area contributed by atoms with Gasteiger partial charge in [0, 0.05) is 13.2 Å². The summed E-state index contributed by atoms with van der Waals surface area (Å²) in [5, 5.41) is 15.9. The second kappa shape index (κ2) is 11.0. The Morgan fingerprint density at radius 3 is 2.25 bits per heavy atom. The molecule has 5 heteroatoms. The van der Waals surface area contributed by atoms with Crippen molar-refractivity contribution in [3.8, 4) is 0 Å². The Labute approximate surface area is 97.6 Å². The normalized spacial score (nSPS) is 32.7. The highest BCUT2D eigenvalue weighted by Crippen LogP contribution is 2.23. The number of aliphatic hydroxyl groups excluding tert-OH is 2. The number of hydrogen-bond acceptors (Lipinski definition) is 5. The summed E-state index contributed by atoms with van der Waals surface area (Å²) in [6.45, 7) is 5.63. The Morgan fingerprint density at radius 2 is 1.88 bits per heavy atom. The number of carbonyl (C=O) groups excluding carboxylic acids is 1. The summed E-state index contributed by atoms with van der Waals surface area (Å²) >= 11 is 0. The summed E-state index contributed by atoms with van der Waals surface area (Å²) in [6, 6.07) is 0.00574. The van der Waals surface area contributed by atoms with E-state index in [0.29, 0.717) is 5.92 Å². The number of aliphatic hydroxyl groups is 2. The van der Waals surface area contributed by atoms with Gasteiger partial charge < -0.3 is 25.5 Å². The monoisotopic (exact) mass is 235 g/mol. The fourth-order valence-electron chi connectivity index (χ4n) is 1.46. The Balaban J connectivity index is 0. The summed E-state index contributed by atoms with van der Waals surface area (Å²) in [4.78, 5) is 8.81. The molecule has 0 radical (unpaired) electrons. The van der Waals surface area contributed by atoms with Gasteiger partial charge >= 0.3 is 0 Å². The van der Waals surface area contributed by atoms with E-state index in [4.69, 9.17) is 25.5 Å². The van der Waals surface area contributed by atoms with Gasteiger partial charge in [0.05, 0.1) is 18.8 Å². The SMILES string of the molecule is CC1O[C@@H](CO)C(N)C[C@@H]1C.CC=O.CO. The molecule has 1 rings (SSSR count). The summed E-state index contributed by atoms with van der Waals surface area (Å²) in [6.07, 6.45) is 1.78. The topological polar surface area (TPSA) is 92.8 Å². The molecule has 1 saturated heterocycles. The Morgan fingerprint density at radius 1 is 1.44 bits per heavy atom. The van der Waals surface area contributed by atoms with Crippen molar-refractivity contribution >= 4 is 6.29 Å². The predicted octanol–water partition coefficient (Wildman–Crippen LogP) is -0.0668. The highest BCUT2D eigenvalue weighted by molar-refractivity contribution is 5.44. The van der Waals surface area contributed by atoms with Crippen LogP contribution in [0.4, 0.5) is 0 Å². The van der Waals surface area contributed by atoms with Crippen molar-refractivity contribution in [2.45, 2.75) is 45.4 Å². The quantitative estimate of drug-likeness (QED) is 0.553. The van der Waals surface area contributed by atoms with E-state index < -0.39 is 0 Å². The first kappa shape index (κ1) is 17.9. The zero-order valence-electron chi connectivity index (χ0n) is 10.6. The first-order valence-corrected chi connectivity index (χ1v) is 5.43. The molecule has 1 heterocycles. The summed E-state index contributed by atoms with van der Waals surface area (Å²) in [7, 11) is 1.00. The maximum atomic E-state index is 8.86. The van der Waals surface area contributed by atoms with Crippen LogP contribution in [0.2, 0.25) is 0 Å². The van der Waals surface area contributed by atoms with E-state index in [1.807, 2.05) is 6.92 Å². The third-order valence-corrected chi connectivity index (χ3v) is 2.49. The van der Waals surface area contributed by atoms with Gasteiger partial charge in [-0.3, -0.25) is 0 Å². The van der Waals surface area contributed by atoms with Gasteiger partial charge in [-0.1, -0.05) is 6.92 Å². The van der Waals surface area contributed by atoms with Gasteiger partial charge in [0.1, 0.15) is 6.29 Å². The van der Waals surface area contributed by atoms with Gasteiger partial charge in [0.15, 0.2) is 0 Å². The van der Waals surface area contributed by atoms with Gasteiger partial charge in [-0.25, -0.2) is 0 Å². The fourth-order valence-corrected chi connectivity index (χ4v) is 1.46. The van der Waals surface area contributed by atoms with E-state index in [1.54, 1.807) is 0 Å². The molecule has 4 N–H and O–H groups in total. The minimum atomic E-state index is -0.152. The molecule has 0 amide bonds. The van der Waals surface area contributed by atoms with E-state index in [0.717, 1.165) is 19.8 Å². The number of hydrogen-bond donors (Lipinski definition) is 3. The molecule has 0 aliphatic carbocycles. The third kappa shape index (κ3) is 6.90. The van der Waals surface area contributed by atoms with Gasteiger partial charge in [-0.2, -0.15) is 0 Å². The smallest absolute Gasteiger partial charge is 0.116 e. The fraction of sp³-hybridized carbons (Fsp3) is 0.909. The lowest BCUT2D eigenvalue weighted by atomic mass is 9.91. The van der Waals surface area contributed by atoms with Crippen LogP contribution in [-0.4, -0.2) is 48.5 Å². The number of rotatable bonds is 1. The predicted molar refractivity (Wildman–Crippen MR) is 63.1 cm³/mol. The largest absolute Gasteiger partial charge is 0.400 e. The van der Waals surface area contributed by atoms with Crippen LogP contribution in [0.15, 0.2) is 0 Å². The number of nitrogens with two attached hydrogens (primary N) is 1. The summed E-state index contributed by atoms with van der Waals surface area (Å²) < 4.78 is 5.48. The zero-order chi connectivity index (χ0) is 13.1. The molecule has 0 aromatic heterocycles. The molecule has 0 bridgehead atoms. The molecule has 0 aromatic rings. The minimum absolute atomic E-state index is 0.00574. The van der Waals surface area contributed by atoms with Crippen LogP contribution in [0.25, 0.3) is 0 Å². The summed E-state index contributed by atoms with van der Waals surface area (Å²) in [5.74, 6) is 0.507. The van der Waals surface area contributed by atoms with Crippen molar-refractivity contribution in [3.05, 3.63) is 0 Å². The van der Waals surface area contributed by atoms with Gasteiger partial charge in [0.2, 0.25) is 0 Å². The highest BCUT2D eigenvalue weighted by atomic mass is 16.5. The molecular formula is C11H25NO4. The molecule has 0 spiro atoms. The van der Waals surface area contributed by atoms with Crippen molar-refractivity contribution < 1.29 is 19.7 Å². The van der Waals surface area contributed by atoms with Crippen molar-refractivity contribution in [2.75, 3.05) is 13.7 Å². The lowest BCUT2D eigenvalue weighted by Gasteiger charge is -2.36. The van der Waals surface area contributed by atoms with E-state index in [-0.39, 0.29) is 24.9 Å². The van der Waals surface area contributed by atoms with Crippen LogP contribution in [0.3, 0.4) is 0 Å². The Hall–Kier alpha value is -0.490. The second-order valence-electron chi connectivity index (χ2n) is 3.67. The number of carbonyl (C=O) groups is 1. The maximum Gasteiger partial charge on any atom is 0.116 e. The zero-order valence-corrected chi connectivity index (χ0v) is 10.6. The average Bonchev–Trinajstić information content (AvgIpc) is 2.27. The van der Waals surface area contributed by atoms with E-state index in [1.165, 1.54) is 6.92 Å². The first-order valence-electron chi connectivity index (χ1n) is 5.43. The number of ether oxygens (including phenoxy) is 1. The van der Waals surface area contributed by atoms with Crippen molar-refractivity contribution in [2.24, 2.45) is 11.7 Å². The molecule has 1 aliphatic rings. The van der Waals surface area contributed by atoms with Crippen LogP contribution in [0.1, 0.15) is 27.2 Å². The van der Waals surface area contributed by atoms with Crippen LogP contribution in [0.5, 0.6) is 0 Å². The second-order valence-corrected chi connectivity index (χ2v) is 3.67. The van der Waals surface area contributed by atoms with Crippen molar-refractivity contribution in [3.63, 3.8) is 0 Å². The van der Waals surface area contributed by atoms with Crippen molar-refractivity contribution in [1.82, 2.24) is 0 Å². The van der Waals surface area contributed by atoms with E-state index in [9.17, 15) is 0 Å². The average molecular weight is 235 g/mol. The van der Waals surface area contributed by atoms with Crippen molar-refractivity contribution in [1.29, 1.82) is 0 Å². The standard InChI is InChI=1S/C8H17NO2.C2H4O.CH4O/c1-5-3-7(9)8(4-10)11-6(5)2;1-2-3;1-2/h5-8,10H,3-4,9H2,1-2H3;2H,1H3;2H,1H3/t5-,6?,7?,8-;;/m0../s1. The lowest BCUT2D eigenvalue weighted by molar-refractivity contribution is -0.106. The molecule has 0 saturated carbocycles. The van der Waals surface area contributed by atoms with Crippen LogP contribution < -0.4 is 5.73 Å². The molecule has 98 valence electrons. The van der Waals surface area contributed by atoms with Crippen LogP contribution in [0, 0.1) is 5.92 Å². The van der Waals surface area contributed by atoms with Gasteiger partial charge in [-0.15, -0.1) is 0 Å². The maximum absolute atomic E-state index is 8.86. The first-order chi connectivity index (χ1) is 7.56. The van der Waals surface area contributed by atoms with Crippen LogP contribution >= 0.6 is 0 Å². The molecule has 1 aliphatic heterocycles. The highest BCUT2D eigenvalue weighted by Gasteiger charge is 2.30. The lowest BCUT2D eigenvalue weighted by Crippen LogP contribution is -2.48. The molecule has 0 aromatic carbocycles. The van der Waals surface area contributed by atoms with Crippen LogP contribution in [-0.2, 0) is 9.53 Å². The third-order valence-electron chi connectivity index (χ3n) is 2.49. The Kier molecular flexibility index (Phi) is 12.3. The molecule has 5 nitrogen and oxygen atoms in total. The van der Waals surface area contributed by atoms with E-state index >= 15 is 0 Å². The molecule has 2 unspecified atom stereocenters. The Bertz CT molecular complexity index is 166. The van der Waals surface area contributed by atoms with E-state index in [2.05, 4.69) is 6.92 Å². The summed E-state index contributed by atoms with van der Waals surface area (Å²) in [5.41, 5.74) is 5.76. The molecule has 4 atom stereocenters. The minimum Gasteiger partial charge on any atom is -0.400 e. The molecule has 1 fully saturated rings. The van der Waals surface area contributed by atoms with Gasteiger partial charge in [0.25, 0.3) is 0 Å². The molecule has 16 heavy (non-hydrogen) atoms.